The highest BCUT2D eigenvalue weighted by Gasteiger charge is 2.14. The molecule has 1 aromatic heterocycles. The maximum atomic E-state index is 13.7. The zero-order valence-corrected chi connectivity index (χ0v) is 13.6. The number of rotatable bonds is 4. The average molecular weight is 344 g/mol. The van der Waals surface area contributed by atoms with Gasteiger partial charge >= 0.3 is 0 Å². The number of fused-ring (bicyclic) bond motifs is 1. The first kappa shape index (κ1) is 16.9. The summed E-state index contributed by atoms with van der Waals surface area (Å²) in [6.07, 6.45) is 3.15. The highest BCUT2D eigenvalue weighted by atomic mass is 19.1. The summed E-state index contributed by atoms with van der Waals surface area (Å²) in [5, 5.41) is 21.5. The highest BCUT2D eigenvalue weighted by molar-refractivity contribution is 6.10. The molecule has 0 atom stereocenters. The molecule has 5 nitrogen and oxygen atoms in total. The van der Waals surface area contributed by atoms with Crippen molar-refractivity contribution in [2.24, 2.45) is 0 Å². The molecular weight excluding hydrogens is 331 g/mol. The van der Waals surface area contributed by atoms with Crippen molar-refractivity contribution in [1.82, 2.24) is 4.57 Å². The zero-order valence-electron chi connectivity index (χ0n) is 13.6. The maximum absolute atomic E-state index is 13.7. The topological polar surface area (TPSA) is 81.6 Å². The fraction of sp³-hybridized carbons (Fsp3) is 0.0500. The minimum Gasteiger partial charge on any atom is -0.333 e. The number of amides is 1. The van der Waals surface area contributed by atoms with Crippen LogP contribution in [-0.2, 0) is 11.3 Å². The van der Waals surface area contributed by atoms with E-state index in [1.165, 1.54) is 24.3 Å². The molecule has 6 heteroatoms. The molecule has 0 saturated carbocycles. The Labute approximate surface area is 149 Å². The van der Waals surface area contributed by atoms with Crippen molar-refractivity contribution in [3.8, 4) is 12.1 Å². The lowest BCUT2D eigenvalue weighted by Gasteiger charge is -2.05. The Kier molecular flexibility index (Phi) is 4.78. The van der Waals surface area contributed by atoms with Gasteiger partial charge in [0, 0.05) is 22.7 Å². The van der Waals surface area contributed by atoms with E-state index >= 15 is 0 Å². The van der Waals surface area contributed by atoms with E-state index in [1.807, 2.05) is 30.3 Å². The van der Waals surface area contributed by atoms with Crippen LogP contribution in [-0.4, -0.2) is 10.5 Å². The number of anilines is 1. The molecule has 0 radical (unpaired) electrons. The minimum atomic E-state index is -0.699. The molecule has 0 spiro atoms. The van der Waals surface area contributed by atoms with Crippen LogP contribution in [0.15, 0.2) is 60.3 Å². The molecule has 2 aromatic carbocycles. The number of hydrogen-bond acceptors (Lipinski definition) is 3. The van der Waals surface area contributed by atoms with Gasteiger partial charge in [0.05, 0.1) is 11.8 Å². The summed E-state index contributed by atoms with van der Waals surface area (Å²) in [4.78, 5) is 12.3. The lowest BCUT2D eigenvalue weighted by Crippen LogP contribution is -2.14. The van der Waals surface area contributed by atoms with Gasteiger partial charge in [-0.1, -0.05) is 30.3 Å². The summed E-state index contributed by atoms with van der Waals surface area (Å²) in [7, 11) is 0. The Morgan fingerprint density at radius 1 is 1.15 bits per heavy atom. The van der Waals surface area contributed by atoms with Crippen molar-refractivity contribution < 1.29 is 9.18 Å². The second kappa shape index (κ2) is 7.33. The van der Waals surface area contributed by atoms with E-state index in [0.717, 1.165) is 10.9 Å². The molecule has 0 aliphatic heterocycles. The molecule has 0 aliphatic carbocycles. The van der Waals surface area contributed by atoms with Crippen molar-refractivity contribution in [1.29, 1.82) is 10.5 Å². The van der Waals surface area contributed by atoms with Crippen LogP contribution in [0.3, 0.4) is 0 Å². The first-order valence-corrected chi connectivity index (χ1v) is 7.76. The second-order valence-corrected chi connectivity index (χ2v) is 5.49. The summed E-state index contributed by atoms with van der Waals surface area (Å²) in [5.41, 5.74) is 1.31. The van der Waals surface area contributed by atoms with E-state index in [0.29, 0.717) is 5.56 Å². The molecule has 0 bridgehead atoms. The van der Waals surface area contributed by atoms with Crippen molar-refractivity contribution in [2.45, 2.75) is 6.54 Å². The van der Waals surface area contributed by atoms with Crippen molar-refractivity contribution >= 4 is 28.6 Å². The summed E-state index contributed by atoms with van der Waals surface area (Å²) >= 11 is 0. The quantitative estimate of drug-likeness (QED) is 0.576. The molecule has 1 N–H and O–H groups in total. The van der Waals surface area contributed by atoms with Gasteiger partial charge in [-0.05, 0) is 24.3 Å². The van der Waals surface area contributed by atoms with Gasteiger partial charge in [-0.25, -0.2) is 4.39 Å². The molecule has 0 aliphatic rings. The number of nitrogens with one attached hydrogen (secondary N) is 1. The third kappa shape index (κ3) is 3.31. The molecule has 0 fully saturated rings. The molecule has 1 amide bonds. The molecule has 0 unspecified atom stereocenters. The van der Waals surface area contributed by atoms with Crippen LogP contribution >= 0.6 is 0 Å². The van der Waals surface area contributed by atoms with E-state index in [1.54, 1.807) is 16.8 Å². The number of carbonyl (C=O) groups is 1. The van der Waals surface area contributed by atoms with E-state index in [-0.39, 0.29) is 17.8 Å². The van der Waals surface area contributed by atoms with E-state index in [2.05, 4.69) is 11.4 Å². The number of para-hydroxylation sites is 2. The van der Waals surface area contributed by atoms with Gasteiger partial charge in [0.1, 0.15) is 24.0 Å². The minimum absolute atomic E-state index is 0.00515. The number of nitriles is 2. The Hall–Kier alpha value is -3.90. The first-order valence-electron chi connectivity index (χ1n) is 7.76. The molecule has 0 saturated heterocycles. The molecular formula is C20H13FN4O. The number of nitrogens with zero attached hydrogens (tertiary/aromatic N) is 3. The lowest BCUT2D eigenvalue weighted by atomic mass is 10.1. The number of carbonyl (C=O) groups excluding carboxylic acids is 1. The van der Waals surface area contributed by atoms with E-state index in [4.69, 9.17) is 5.26 Å². The van der Waals surface area contributed by atoms with Crippen LogP contribution in [0.4, 0.5) is 10.1 Å². The largest absolute Gasteiger partial charge is 0.333 e. The maximum Gasteiger partial charge on any atom is 0.266 e. The molecule has 26 heavy (non-hydrogen) atoms. The van der Waals surface area contributed by atoms with Crippen molar-refractivity contribution in [2.75, 3.05) is 5.32 Å². The normalized spacial score (nSPS) is 11.0. The molecule has 1 heterocycles. The Morgan fingerprint density at radius 3 is 2.62 bits per heavy atom. The van der Waals surface area contributed by atoms with Gasteiger partial charge in [0.15, 0.2) is 0 Å². The molecule has 3 aromatic rings. The number of benzene rings is 2. The van der Waals surface area contributed by atoms with Crippen LogP contribution in [0, 0.1) is 28.5 Å². The molecule has 3 rings (SSSR count). The number of hydrogen-bond donors (Lipinski definition) is 1. The number of halogens is 1. The Balaban J connectivity index is 1.98. The van der Waals surface area contributed by atoms with Crippen LogP contribution in [0.1, 0.15) is 5.56 Å². The van der Waals surface area contributed by atoms with Crippen LogP contribution in [0.2, 0.25) is 0 Å². The van der Waals surface area contributed by atoms with Gasteiger partial charge < -0.3 is 9.88 Å². The SMILES string of the molecule is N#CCn1cc(/C=C(/C#N)C(=O)Nc2ccccc2F)c2ccccc21. The third-order valence-electron chi connectivity index (χ3n) is 3.85. The first-order chi connectivity index (χ1) is 12.6. The summed E-state index contributed by atoms with van der Waals surface area (Å²) in [6.45, 7) is 0.150. The predicted molar refractivity (Wildman–Crippen MR) is 96.2 cm³/mol. The average Bonchev–Trinajstić information content (AvgIpc) is 2.99. The standard InChI is InChI=1S/C20H13FN4O/c21-17-6-2-3-7-18(17)24-20(26)14(12-23)11-15-13-25(10-9-22)19-8-4-1-5-16(15)19/h1-8,11,13H,10H2,(H,24,26)/b14-11-. The van der Waals surface area contributed by atoms with Crippen LogP contribution < -0.4 is 5.32 Å². The van der Waals surface area contributed by atoms with Gasteiger partial charge in [-0.2, -0.15) is 10.5 Å². The zero-order chi connectivity index (χ0) is 18.5. The molecule has 126 valence electrons. The fourth-order valence-corrected chi connectivity index (χ4v) is 2.65. The predicted octanol–water partition coefficient (Wildman–Crippen LogP) is 3.85. The summed E-state index contributed by atoms with van der Waals surface area (Å²) < 4.78 is 15.4. The lowest BCUT2D eigenvalue weighted by molar-refractivity contribution is -0.112. The van der Waals surface area contributed by atoms with Gasteiger partial charge in [0.2, 0.25) is 0 Å². The second-order valence-electron chi connectivity index (χ2n) is 5.49. The highest BCUT2D eigenvalue weighted by Crippen LogP contribution is 2.24. The van der Waals surface area contributed by atoms with Gasteiger partial charge in [0.25, 0.3) is 5.91 Å². The van der Waals surface area contributed by atoms with Crippen LogP contribution in [0.5, 0.6) is 0 Å². The smallest absolute Gasteiger partial charge is 0.266 e. The van der Waals surface area contributed by atoms with Crippen LogP contribution in [0.25, 0.3) is 17.0 Å². The Morgan fingerprint density at radius 2 is 1.88 bits per heavy atom. The third-order valence-corrected chi connectivity index (χ3v) is 3.85. The van der Waals surface area contributed by atoms with Gasteiger partial charge in [-0.3, -0.25) is 4.79 Å². The number of aromatic nitrogens is 1. The van der Waals surface area contributed by atoms with Gasteiger partial charge in [-0.15, -0.1) is 0 Å². The summed E-state index contributed by atoms with van der Waals surface area (Å²) in [5.74, 6) is -1.28. The van der Waals surface area contributed by atoms with E-state index in [9.17, 15) is 14.4 Å². The fourth-order valence-electron chi connectivity index (χ4n) is 2.65. The monoisotopic (exact) mass is 344 g/mol. The van der Waals surface area contributed by atoms with Crippen molar-refractivity contribution in [3.63, 3.8) is 0 Å². The van der Waals surface area contributed by atoms with E-state index < -0.39 is 11.7 Å². The van der Waals surface area contributed by atoms with Crippen molar-refractivity contribution in [3.05, 3.63) is 71.7 Å². The summed E-state index contributed by atoms with van der Waals surface area (Å²) in [6, 6.07) is 17.0. The Bertz CT molecular complexity index is 1100.